The Bertz CT molecular complexity index is 410. The average Bonchev–Trinajstić information content (AvgIpc) is 2.59. The van der Waals surface area contributed by atoms with Crippen molar-refractivity contribution >= 4 is 8.32 Å². The lowest BCUT2D eigenvalue weighted by Crippen LogP contribution is -2.43. The molecule has 1 fully saturated rings. The Kier molecular flexibility index (Phi) is 10.8. The molecule has 160 valence electrons. The molecule has 0 saturated carbocycles. The minimum atomic E-state index is -1.71. The quantitative estimate of drug-likeness (QED) is 0.200. The largest absolute Gasteiger partial charge is 0.411 e. The lowest BCUT2D eigenvalue weighted by Gasteiger charge is -2.38. The molecule has 0 aromatic rings. The normalized spacial score (nSPS) is 22.3. The summed E-state index contributed by atoms with van der Waals surface area (Å²) in [5, 5.41) is 0.252. The number of hydrogen-bond acceptors (Lipinski definition) is 3. The van der Waals surface area contributed by atoms with Crippen molar-refractivity contribution in [2.24, 2.45) is 5.92 Å². The number of hydrogen-bond donors (Lipinski definition) is 0. The van der Waals surface area contributed by atoms with Crippen molar-refractivity contribution in [1.82, 2.24) is 0 Å². The van der Waals surface area contributed by atoms with Gasteiger partial charge in [-0.1, -0.05) is 53.0 Å². The van der Waals surface area contributed by atoms with Crippen LogP contribution < -0.4 is 0 Å². The molecule has 1 rings (SSSR count). The molecular weight excluding hydrogens is 352 g/mol. The Hall–Kier alpha value is -0.163. The summed E-state index contributed by atoms with van der Waals surface area (Å²) < 4.78 is 18.3. The molecule has 1 heterocycles. The van der Waals surface area contributed by atoms with Crippen LogP contribution in [-0.2, 0) is 13.9 Å². The van der Waals surface area contributed by atoms with Crippen molar-refractivity contribution < 1.29 is 13.9 Å². The zero-order valence-electron chi connectivity index (χ0n) is 19.2. The van der Waals surface area contributed by atoms with Gasteiger partial charge in [-0.25, -0.2) is 0 Å². The average molecular weight is 399 g/mol. The van der Waals surface area contributed by atoms with E-state index in [0.29, 0.717) is 5.92 Å². The topological polar surface area (TPSA) is 27.7 Å². The van der Waals surface area contributed by atoms with Crippen LogP contribution in [0.25, 0.3) is 0 Å². The Morgan fingerprint density at radius 3 is 2.33 bits per heavy atom. The third kappa shape index (κ3) is 9.25. The lowest BCUT2D eigenvalue weighted by molar-refractivity contribution is -0.193. The molecule has 0 bridgehead atoms. The second kappa shape index (κ2) is 11.7. The maximum absolute atomic E-state index is 6.49. The van der Waals surface area contributed by atoms with E-state index in [2.05, 4.69) is 54.3 Å². The summed E-state index contributed by atoms with van der Waals surface area (Å²) in [7, 11) is -1.71. The van der Waals surface area contributed by atoms with Crippen LogP contribution in [-0.4, -0.2) is 33.4 Å². The van der Waals surface area contributed by atoms with E-state index in [-0.39, 0.29) is 23.5 Å². The first-order chi connectivity index (χ1) is 12.6. The molecule has 4 atom stereocenters. The molecule has 1 unspecified atom stereocenters. The highest BCUT2D eigenvalue weighted by Gasteiger charge is 2.38. The van der Waals surface area contributed by atoms with Crippen LogP contribution in [0.15, 0.2) is 12.7 Å². The van der Waals surface area contributed by atoms with Gasteiger partial charge in [-0.15, -0.1) is 6.58 Å². The number of rotatable bonds is 12. The van der Waals surface area contributed by atoms with Crippen LogP contribution in [0.2, 0.25) is 18.1 Å². The summed E-state index contributed by atoms with van der Waals surface area (Å²) in [6, 6.07) is 0. The number of ether oxygens (including phenoxy) is 2. The fraction of sp³-hybridized carbons (Fsp3) is 0.913. The van der Waals surface area contributed by atoms with E-state index in [1.165, 1.54) is 38.5 Å². The van der Waals surface area contributed by atoms with Gasteiger partial charge in [0, 0.05) is 6.61 Å². The van der Waals surface area contributed by atoms with Gasteiger partial charge in [0.15, 0.2) is 14.6 Å². The highest BCUT2D eigenvalue weighted by atomic mass is 28.4. The summed E-state index contributed by atoms with van der Waals surface area (Å²) >= 11 is 0. The lowest BCUT2D eigenvalue weighted by atomic mass is 9.97. The van der Waals surface area contributed by atoms with Crippen molar-refractivity contribution in [3.63, 3.8) is 0 Å². The fourth-order valence-corrected chi connectivity index (χ4v) is 4.52. The van der Waals surface area contributed by atoms with Crippen LogP contribution >= 0.6 is 0 Å². The molecule has 0 aromatic carbocycles. The standard InChI is InChI=1S/C23H46O3Si/c1-9-21(26-27(7,8)23(4,5)6)16-12-10-11-15-19(2)20(3)25-22-17-13-14-18-24-22/h9,19-22H,1,10-18H2,2-8H3/t19-,20+,21-,22?/m1/s1. The minimum Gasteiger partial charge on any atom is -0.411 e. The van der Waals surface area contributed by atoms with Crippen LogP contribution in [0, 0.1) is 5.92 Å². The molecule has 0 radical (unpaired) electrons. The van der Waals surface area contributed by atoms with Gasteiger partial charge in [0.25, 0.3) is 0 Å². The highest BCUT2D eigenvalue weighted by molar-refractivity contribution is 6.74. The summed E-state index contributed by atoms with van der Waals surface area (Å²) in [6.07, 6.45) is 12.0. The fourth-order valence-electron chi connectivity index (χ4n) is 3.20. The second-order valence-electron chi connectivity index (χ2n) is 9.90. The first kappa shape index (κ1) is 24.9. The molecule has 0 N–H and O–H groups in total. The van der Waals surface area contributed by atoms with Crippen molar-refractivity contribution in [2.45, 2.75) is 123 Å². The molecule has 0 aliphatic carbocycles. The Labute approximate surface area is 170 Å². The monoisotopic (exact) mass is 398 g/mol. The van der Waals surface area contributed by atoms with Crippen molar-refractivity contribution in [1.29, 1.82) is 0 Å². The van der Waals surface area contributed by atoms with Crippen molar-refractivity contribution in [2.75, 3.05) is 6.61 Å². The second-order valence-corrected chi connectivity index (χ2v) is 14.7. The summed E-state index contributed by atoms with van der Waals surface area (Å²) in [5.74, 6) is 0.578. The van der Waals surface area contributed by atoms with Crippen molar-refractivity contribution in [3.05, 3.63) is 12.7 Å². The van der Waals surface area contributed by atoms with Crippen LogP contribution in [0.5, 0.6) is 0 Å². The smallest absolute Gasteiger partial charge is 0.192 e. The first-order valence-corrected chi connectivity index (χ1v) is 14.0. The van der Waals surface area contributed by atoms with Gasteiger partial charge in [0.2, 0.25) is 0 Å². The molecular formula is C23H46O3Si. The Morgan fingerprint density at radius 2 is 1.78 bits per heavy atom. The van der Waals surface area contributed by atoms with E-state index in [9.17, 15) is 0 Å². The SMILES string of the molecule is C=C[C@H](CCCCC[C@@H](C)[C@H](C)OC1CCCCO1)O[Si](C)(C)C(C)(C)C. The van der Waals surface area contributed by atoms with Gasteiger partial charge < -0.3 is 13.9 Å². The van der Waals surface area contributed by atoms with Gasteiger partial charge in [0.05, 0.1) is 12.2 Å². The van der Waals surface area contributed by atoms with Gasteiger partial charge in [-0.2, -0.15) is 0 Å². The molecule has 1 saturated heterocycles. The zero-order chi connectivity index (χ0) is 20.5. The number of unbranched alkanes of at least 4 members (excludes halogenated alkanes) is 2. The molecule has 3 nitrogen and oxygen atoms in total. The van der Waals surface area contributed by atoms with Gasteiger partial charge in [-0.05, 0) is 63.1 Å². The summed E-state index contributed by atoms with van der Waals surface area (Å²) in [6.45, 7) is 20.9. The Balaban J connectivity index is 2.21. The highest BCUT2D eigenvalue weighted by Crippen LogP contribution is 2.38. The van der Waals surface area contributed by atoms with Gasteiger partial charge >= 0.3 is 0 Å². The van der Waals surface area contributed by atoms with Crippen LogP contribution in [0.4, 0.5) is 0 Å². The summed E-state index contributed by atoms with van der Waals surface area (Å²) in [5.41, 5.74) is 0. The van der Waals surface area contributed by atoms with Crippen LogP contribution in [0.1, 0.15) is 86.0 Å². The van der Waals surface area contributed by atoms with E-state index in [0.717, 1.165) is 19.4 Å². The molecule has 0 aromatic heterocycles. The molecule has 1 aliphatic rings. The maximum atomic E-state index is 6.49. The van der Waals surface area contributed by atoms with E-state index < -0.39 is 8.32 Å². The van der Waals surface area contributed by atoms with E-state index in [4.69, 9.17) is 13.9 Å². The van der Waals surface area contributed by atoms with E-state index >= 15 is 0 Å². The third-order valence-corrected chi connectivity index (χ3v) is 11.0. The first-order valence-electron chi connectivity index (χ1n) is 11.1. The molecule has 0 spiro atoms. The molecule has 1 aliphatic heterocycles. The van der Waals surface area contributed by atoms with Gasteiger partial charge in [0.1, 0.15) is 0 Å². The molecule has 4 heteroatoms. The summed E-state index contributed by atoms with van der Waals surface area (Å²) in [4.78, 5) is 0. The van der Waals surface area contributed by atoms with Crippen LogP contribution in [0.3, 0.4) is 0 Å². The van der Waals surface area contributed by atoms with E-state index in [1.54, 1.807) is 0 Å². The predicted octanol–water partition coefficient (Wildman–Crippen LogP) is 7.08. The predicted molar refractivity (Wildman–Crippen MR) is 119 cm³/mol. The van der Waals surface area contributed by atoms with Gasteiger partial charge in [-0.3, -0.25) is 0 Å². The van der Waals surface area contributed by atoms with E-state index in [1.807, 2.05) is 6.08 Å². The molecule has 0 amide bonds. The third-order valence-electron chi connectivity index (χ3n) is 6.47. The maximum Gasteiger partial charge on any atom is 0.192 e. The molecule has 27 heavy (non-hydrogen) atoms. The zero-order valence-corrected chi connectivity index (χ0v) is 20.2. The Morgan fingerprint density at radius 1 is 1.11 bits per heavy atom. The minimum absolute atomic E-state index is 0.0250. The van der Waals surface area contributed by atoms with Crippen molar-refractivity contribution in [3.8, 4) is 0 Å².